The molecule has 0 aliphatic heterocycles. The van der Waals surface area contributed by atoms with Crippen LogP contribution in [0.1, 0.15) is 316 Å². The summed E-state index contributed by atoms with van der Waals surface area (Å²) in [6.07, 6.45) is 59.3. The molecule has 0 aromatic carbocycles. The van der Waals surface area contributed by atoms with Crippen molar-refractivity contribution in [2.45, 2.75) is 322 Å². The van der Waals surface area contributed by atoms with Gasteiger partial charge in [0.05, 0.1) is 0 Å². The zero-order valence-corrected chi connectivity index (χ0v) is 42.6. The van der Waals surface area contributed by atoms with Gasteiger partial charge in [-0.25, -0.2) is 0 Å². The minimum atomic E-state index is -0.765. The average molecular weight is 889 g/mol. The summed E-state index contributed by atoms with van der Waals surface area (Å²) < 4.78 is 16.8. The standard InChI is InChI=1S/C57H108O6/c1-4-7-10-13-16-19-21-23-25-27-29-31-32-34-36-38-41-44-47-50-56(59)62-53-54(52-61-55(58)49-46-43-40-18-15-12-9-6-3)63-57(60)51-48-45-42-39-37-35-33-30-28-26-24-22-20-17-14-11-8-5-2/h26,28,54H,4-25,27,29-53H2,1-3H3/b28-26-. The molecule has 0 bridgehead atoms. The van der Waals surface area contributed by atoms with Gasteiger partial charge in [-0.1, -0.05) is 264 Å². The molecule has 1 atom stereocenters. The van der Waals surface area contributed by atoms with Crippen molar-refractivity contribution in [1.29, 1.82) is 0 Å². The number of allylic oxidation sites excluding steroid dienone is 2. The highest BCUT2D eigenvalue weighted by Crippen LogP contribution is 2.17. The van der Waals surface area contributed by atoms with Crippen LogP contribution in [0.25, 0.3) is 0 Å². The van der Waals surface area contributed by atoms with Crippen molar-refractivity contribution in [3.8, 4) is 0 Å². The first-order valence-electron chi connectivity index (χ1n) is 28.2. The van der Waals surface area contributed by atoms with E-state index in [1.165, 1.54) is 218 Å². The molecule has 0 saturated heterocycles. The van der Waals surface area contributed by atoms with Gasteiger partial charge in [0.25, 0.3) is 0 Å². The Hall–Kier alpha value is -1.85. The summed E-state index contributed by atoms with van der Waals surface area (Å²) in [6, 6.07) is 0. The Morgan fingerprint density at radius 3 is 0.794 bits per heavy atom. The fourth-order valence-electron chi connectivity index (χ4n) is 8.50. The molecular weight excluding hydrogens is 781 g/mol. The fourth-order valence-corrected chi connectivity index (χ4v) is 8.50. The normalized spacial score (nSPS) is 12.0. The van der Waals surface area contributed by atoms with Crippen LogP contribution in [0, 0.1) is 0 Å². The molecule has 0 aliphatic rings. The lowest BCUT2D eigenvalue weighted by atomic mass is 10.0. The molecule has 0 N–H and O–H groups in total. The molecule has 0 fully saturated rings. The summed E-state index contributed by atoms with van der Waals surface area (Å²) in [7, 11) is 0. The SMILES string of the molecule is CCCCCCCCC/C=C\CCCCCCCCCC(=O)OC(COC(=O)CCCCCCCCCC)COC(=O)CCCCCCCCCCCCCCCCCCCCC. The molecule has 0 radical (unpaired) electrons. The Balaban J connectivity index is 4.20. The van der Waals surface area contributed by atoms with Crippen molar-refractivity contribution in [2.24, 2.45) is 0 Å². The molecule has 372 valence electrons. The van der Waals surface area contributed by atoms with Crippen LogP contribution in [0.15, 0.2) is 12.2 Å². The maximum Gasteiger partial charge on any atom is 0.306 e. The second-order valence-electron chi connectivity index (χ2n) is 19.2. The number of rotatable bonds is 52. The first kappa shape index (κ1) is 61.1. The van der Waals surface area contributed by atoms with E-state index in [9.17, 15) is 14.4 Å². The van der Waals surface area contributed by atoms with Crippen molar-refractivity contribution in [3.63, 3.8) is 0 Å². The maximum atomic E-state index is 12.8. The highest BCUT2D eigenvalue weighted by Gasteiger charge is 2.19. The molecule has 0 amide bonds. The first-order chi connectivity index (χ1) is 31.0. The first-order valence-corrected chi connectivity index (χ1v) is 28.2. The predicted octanol–water partition coefficient (Wildman–Crippen LogP) is 18.5. The van der Waals surface area contributed by atoms with E-state index in [0.717, 1.165) is 57.8 Å². The van der Waals surface area contributed by atoms with Crippen LogP contribution < -0.4 is 0 Å². The van der Waals surface area contributed by atoms with Gasteiger partial charge in [-0.2, -0.15) is 0 Å². The van der Waals surface area contributed by atoms with Gasteiger partial charge in [0.1, 0.15) is 13.2 Å². The summed E-state index contributed by atoms with van der Waals surface area (Å²) in [6.45, 7) is 6.65. The van der Waals surface area contributed by atoms with Crippen molar-refractivity contribution in [3.05, 3.63) is 12.2 Å². The van der Waals surface area contributed by atoms with E-state index >= 15 is 0 Å². The molecule has 0 aliphatic carbocycles. The zero-order valence-electron chi connectivity index (χ0n) is 42.6. The minimum Gasteiger partial charge on any atom is -0.462 e. The lowest BCUT2D eigenvalue weighted by Gasteiger charge is -2.18. The molecule has 6 heteroatoms. The lowest BCUT2D eigenvalue weighted by molar-refractivity contribution is -0.167. The number of hydrogen-bond donors (Lipinski definition) is 0. The van der Waals surface area contributed by atoms with E-state index in [2.05, 4.69) is 32.9 Å². The van der Waals surface area contributed by atoms with Crippen LogP contribution in [-0.2, 0) is 28.6 Å². The molecule has 0 heterocycles. The van der Waals surface area contributed by atoms with Gasteiger partial charge < -0.3 is 14.2 Å². The second-order valence-corrected chi connectivity index (χ2v) is 19.2. The maximum absolute atomic E-state index is 12.8. The van der Waals surface area contributed by atoms with Gasteiger partial charge in [0.2, 0.25) is 0 Å². The van der Waals surface area contributed by atoms with E-state index < -0.39 is 6.10 Å². The van der Waals surface area contributed by atoms with Crippen molar-refractivity contribution in [1.82, 2.24) is 0 Å². The predicted molar refractivity (Wildman–Crippen MR) is 270 cm³/mol. The van der Waals surface area contributed by atoms with Gasteiger partial charge in [0, 0.05) is 19.3 Å². The van der Waals surface area contributed by atoms with Crippen molar-refractivity contribution >= 4 is 17.9 Å². The monoisotopic (exact) mass is 889 g/mol. The molecule has 6 nitrogen and oxygen atoms in total. The third-order valence-electron chi connectivity index (χ3n) is 12.8. The fraction of sp³-hybridized carbons (Fsp3) is 0.912. The molecule has 1 unspecified atom stereocenters. The molecule has 63 heavy (non-hydrogen) atoms. The van der Waals surface area contributed by atoms with Crippen molar-refractivity contribution < 1.29 is 28.6 Å². The van der Waals surface area contributed by atoms with E-state index in [1.807, 2.05) is 0 Å². The molecule has 0 saturated carbocycles. The van der Waals surface area contributed by atoms with E-state index in [1.54, 1.807) is 0 Å². The van der Waals surface area contributed by atoms with Gasteiger partial charge in [-0.15, -0.1) is 0 Å². The average Bonchev–Trinajstić information content (AvgIpc) is 3.28. The summed E-state index contributed by atoms with van der Waals surface area (Å²) in [5, 5.41) is 0. The summed E-state index contributed by atoms with van der Waals surface area (Å²) >= 11 is 0. The van der Waals surface area contributed by atoms with Gasteiger partial charge in [-0.3, -0.25) is 14.4 Å². The quantitative estimate of drug-likeness (QED) is 0.0262. The third kappa shape index (κ3) is 51.0. The van der Waals surface area contributed by atoms with Crippen LogP contribution in [0.3, 0.4) is 0 Å². The summed E-state index contributed by atoms with van der Waals surface area (Å²) in [5.74, 6) is -0.855. The number of ether oxygens (including phenoxy) is 3. The van der Waals surface area contributed by atoms with Crippen LogP contribution in [0.4, 0.5) is 0 Å². The summed E-state index contributed by atoms with van der Waals surface area (Å²) in [4.78, 5) is 37.9. The Kier molecular flexibility index (Phi) is 51.2. The Morgan fingerprint density at radius 2 is 0.524 bits per heavy atom. The topological polar surface area (TPSA) is 78.9 Å². The van der Waals surface area contributed by atoms with E-state index in [-0.39, 0.29) is 31.1 Å². The van der Waals surface area contributed by atoms with Gasteiger partial charge in [0.15, 0.2) is 6.10 Å². The van der Waals surface area contributed by atoms with E-state index in [0.29, 0.717) is 19.3 Å². The molecule has 0 spiro atoms. The largest absolute Gasteiger partial charge is 0.462 e. The van der Waals surface area contributed by atoms with Gasteiger partial charge >= 0.3 is 17.9 Å². The van der Waals surface area contributed by atoms with Crippen LogP contribution >= 0.6 is 0 Å². The Labute approximate surface area is 392 Å². The number of carbonyl (C=O) groups is 3. The van der Waals surface area contributed by atoms with Gasteiger partial charge in [-0.05, 0) is 44.9 Å². The smallest absolute Gasteiger partial charge is 0.306 e. The highest BCUT2D eigenvalue weighted by molar-refractivity contribution is 5.71. The number of unbranched alkanes of at least 4 members (excludes halogenated alkanes) is 39. The van der Waals surface area contributed by atoms with Crippen LogP contribution in [0.2, 0.25) is 0 Å². The Morgan fingerprint density at radius 1 is 0.302 bits per heavy atom. The molecule has 0 aromatic rings. The Bertz CT molecular complexity index is 978. The summed E-state index contributed by atoms with van der Waals surface area (Å²) in [5.41, 5.74) is 0. The highest BCUT2D eigenvalue weighted by atomic mass is 16.6. The molecule has 0 rings (SSSR count). The number of carbonyl (C=O) groups excluding carboxylic acids is 3. The number of hydrogen-bond acceptors (Lipinski definition) is 6. The van der Waals surface area contributed by atoms with E-state index in [4.69, 9.17) is 14.2 Å². The van der Waals surface area contributed by atoms with Crippen LogP contribution in [-0.4, -0.2) is 37.2 Å². The lowest BCUT2D eigenvalue weighted by Crippen LogP contribution is -2.30. The number of esters is 3. The van der Waals surface area contributed by atoms with Crippen LogP contribution in [0.5, 0.6) is 0 Å². The zero-order chi connectivity index (χ0) is 45.8. The molecular formula is C57H108O6. The third-order valence-corrected chi connectivity index (χ3v) is 12.8. The second kappa shape index (κ2) is 52.8. The van der Waals surface area contributed by atoms with Crippen molar-refractivity contribution in [2.75, 3.05) is 13.2 Å². The minimum absolute atomic E-state index is 0.0664. The molecule has 0 aromatic heterocycles.